The predicted molar refractivity (Wildman–Crippen MR) is 71.8 cm³/mol. The van der Waals surface area contributed by atoms with Gasteiger partial charge in [0.1, 0.15) is 17.6 Å². The minimum atomic E-state index is 0.427. The number of halogens is 1. The molecule has 3 nitrogen and oxygen atoms in total. The Hall–Kier alpha value is -1.61. The topological polar surface area (TPSA) is 35.0 Å². The molecule has 0 saturated carbocycles. The van der Waals surface area contributed by atoms with E-state index in [0.717, 1.165) is 24.2 Å². The summed E-state index contributed by atoms with van der Waals surface area (Å²) in [5.74, 6) is 1.26. The normalized spacial score (nSPS) is 10.3. The van der Waals surface area contributed by atoms with Gasteiger partial charge in [0.25, 0.3) is 0 Å². The SMILES string of the molecule is CCCc1nc(Cl)cc(OCc2ccccc2)n1. The summed E-state index contributed by atoms with van der Waals surface area (Å²) >= 11 is 5.94. The fraction of sp³-hybridized carbons (Fsp3) is 0.286. The molecule has 2 aromatic rings. The molecule has 94 valence electrons. The largest absolute Gasteiger partial charge is 0.473 e. The average molecular weight is 263 g/mol. The molecule has 0 atom stereocenters. The van der Waals surface area contributed by atoms with E-state index in [0.29, 0.717) is 17.6 Å². The Bertz CT molecular complexity index is 502. The van der Waals surface area contributed by atoms with Crippen molar-refractivity contribution in [2.75, 3.05) is 0 Å². The molecule has 18 heavy (non-hydrogen) atoms. The summed E-state index contributed by atoms with van der Waals surface area (Å²) in [6, 6.07) is 11.6. The molecule has 0 spiro atoms. The van der Waals surface area contributed by atoms with E-state index in [9.17, 15) is 0 Å². The van der Waals surface area contributed by atoms with Crippen LogP contribution in [0, 0.1) is 0 Å². The van der Waals surface area contributed by atoms with E-state index < -0.39 is 0 Å². The molecule has 0 fully saturated rings. The third-order valence-corrected chi connectivity index (χ3v) is 2.61. The second-order valence-corrected chi connectivity index (χ2v) is 4.36. The zero-order valence-corrected chi connectivity index (χ0v) is 11.0. The van der Waals surface area contributed by atoms with Gasteiger partial charge in [-0.25, -0.2) is 4.98 Å². The van der Waals surface area contributed by atoms with Crippen molar-refractivity contribution in [2.45, 2.75) is 26.4 Å². The zero-order valence-electron chi connectivity index (χ0n) is 10.3. The third-order valence-electron chi connectivity index (χ3n) is 2.42. The second-order valence-electron chi connectivity index (χ2n) is 3.97. The van der Waals surface area contributed by atoms with Crippen molar-refractivity contribution in [3.05, 3.63) is 52.9 Å². The summed E-state index contributed by atoms with van der Waals surface area (Å²) in [4.78, 5) is 8.47. The molecule has 1 aromatic heterocycles. The highest BCUT2D eigenvalue weighted by molar-refractivity contribution is 6.29. The maximum atomic E-state index is 5.94. The van der Waals surface area contributed by atoms with Crippen molar-refractivity contribution in [3.63, 3.8) is 0 Å². The lowest BCUT2D eigenvalue weighted by Crippen LogP contribution is -2.01. The van der Waals surface area contributed by atoms with Gasteiger partial charge >= 0.3 is 0 Å². The summed E-state index contributed by atoms with van der Waals surface area (Å²) in [5.41, 5.74) is 1.10. The number of hydrogen-bond acceptors (Lipinski definition) is 3. The van der Waals surface area contributed by atoms with Gasteiger partial charge in [-0.05, 0) is 12.0 Å². The van der Waals surface area contributed by atoms with E-state index in [2.05, 4.69) is 16.9 Å². The van der Waals surface area contributed by atoms with Crippen molar-refractivity contribution in [1.29, 1.82) is 0 Å². The van der Waals surface area contributed by atoms with Crippen LogP contribution in [-0.2, 0) is 13.0 Å². The number of ether oxygens (including phenoxy) is 1. The molecule has 0 bridgehead atoms. The van der Waals surface area contributed by atoms with Crippen LogP contribution in [0.15, 0.2) is 36.4 Å². The van der Waals surface area contributed by atoms with Crippen LogP contribution in [0.2, 0.25) is 5.15 Å². The molecule has 4 heteroatoms. The van der Waals surface area contributed by atoms with Gasteiger partial charge in [-0.1, -0.05) is 48.9 Å². The van der Waals surface area contributed by atoms with E-state index in [1.807, 2.05) is 30.3 Å². The van der Waals surface area contributed by atoms with Gasteiger partial charge in [0.2, 0.25) is 5.88 Å². The Kier molecular flexibility index (Phi) is 4.53. The van der Waals surface area contributed by atoms with Crippen LogP contribution >= 0.6 is 11.6 Å². The molecule has 0 aliphatic rings. The van der Waals surface area contributed by atoms with Crippen LogP contribution in [0.5, 0.6) is 5.88 Å². The minimum absolute atomic E-state index is 0.427. The first-order valence-electron chi connectivity index (χ1n) is 5.98. The second kappa shape index (κ2) is 6.36. The summed E-state index contributed by atoms with van der Waals surface area (Å²) in [6.45, 7) is 2.56. The van der Waals surface area contributed by atoms with Gasteiger partial charge in [0.15, 0.2) is 0 Å². The molecule has 0 saturated heterocycles. The van der Waals surface area contributed by atoms with Crippen molar-refractivity contribution in [2.24, 2.45) is 0 Å². The van der Waals surface area contributed by atoms with Crippen molar-refractivity contribution in [3.8, 4) is 5.88 Å². The molecular weight excluding hydrogens is 248 g/mol. The monoisotopic (exact) mass is 262 g/mol. The van der Waals surface area contributed by atoms with E-state index in [4.69, 9.17) is 16.3 Å². The van der Waals surface area contributed by atoms with Crippen molar-refractivity contribution < 1.29 is 4.74 Å². The van der Waals surface area contributed by atoms with Crippen LogP contribution in [0.1, 0.15) is 24.7 Å². The van der Waals surface area contributed by atoms with E-state index in [1.54, 1.807) is 6.07 Å². The lowest BCUT2D eigenvalue weighted by Gasteiger charge is -2.07. The number of rotatable bonds is 5. The van der Waals surface area contributed by atoms with Gasteiger partial charge in [0.05, 0.1) is 0 Å². The van der Waals surface area contributed by atoms with Gasteiger partial charge in [-0.3, -0.25) is 0 Å². The molecule has 2 rings (SSSR count). The molecule has 0 aliphatic heterocycles. The average Bonchev–Trinajstić information content (AvgIpc) is 2.37. The van der Waals surface area contributed by atoms with Gasteiger partial charge in [0, 0.05) is 12.5 Å². The smallest absolute Gasteiger partial charge is 0.218 e. The van der Waals surface area contributed by atoms with Crippen LogP contribution < -0.4 is 4.74 Å². The highest BCUT2D eigenvalue weighted by Gasteiger charge is 2.04. The molecule has 0 radical (unpaired) electrons. The fourth-order valence-electron chi connectivity index (χ4n) is 1.58. The summed E-state index contributed by atoms with van der Waals surface area (Å²) in [7, 11) is 0. The number of nitrogens with zero attached hydrogens (tertiary/aromatic N) is 2. The van der Waals surface area contributed by atoms with E-state index >= 15 is 0 Å². The maximum absolute atomic E-state index is 5.94. The van der Waals surface area contributed by atoms with Gasteiger partial charge in [-0.2, -0.15) is 4.98 Å². The Labute approximate surface area is 112 Å². The molecule has 0 unspecified atom stereocenters. The molecule has 0 amide bonds. The number of aryl methyl sites for hydroxylation is 1. The Morgan fingerprint density at radius 3 is 2.67 bits per heavy atom. The Balaban J connectivity index is 2.05. The van der Waals surface area contributed by atoms with Crippen molar-refractivity contribution in [1.82, 2.24) is 9.97 Å². The van der Waals surface area contributed by atoms with Crippen molar-refractivity contribution >= 4 is 11.6 Å². The maximum Gasteiger partial charge on any atom is 0.218 e. The highest BCUT2D eigenvalue weighted by Crippen LogP contribution is 2.16. The fourth-order valence-corrected chi connectivity index (χ4v) is 1.77. The highest BCUT2D eigenvalue weighted by atomic mass is 35.5. The number of hydrogen-bond donors (Lipinski definition) is 0. The first-order valence-corrected chi connectivity index (χ1v) is 6.36. The molecule has 0 aliphatic carbocycles. The van der Waals surface area contributed by atoms with Crippen LogP contribution in [0.4, 0.5) is 0 Å². The van der Waals surface area contributed by atoms with Crippen LogP contribution in [-0.4, -0.2) is 9.97 Å². The molecule has 1 aromatic carbocycles. The van der Waals surface area contributed by atoms with Gasteiger partial charge in [-0.15, -0.1) is 0 Å². The van der Waals surface area contributed by atoms with E-state index in [-0.39, 0.29) is 0 Å². The Morgan fingerprint density at radius 1 is 1.17 bits per heavy atom. The summed E-state index contributed by atoms with van der Waals surface area (Å²) in [5, 5.41) is 0.427. The van der Waals surface area contributed by atoms with Gasteiger partial charge < -0.3 is 4.74 Å². The van der Waals surface area contributed by atoms with Crippen LogP contribution in [0.25, 0.3) is 0 Å². The number of aromatic nitrogens is 2. The third kappa shape index (κ3) is 3.70. The summed E-state index contributed by atoms with van der Waals surface area (Å²) < 4.78 is 5.62. The Morgan fingerprint density at radius 2 is 1.94 bits per heavy atom. The molecular formula is C14H15ClN2O. The lowest BCUT2D eigenvalue weighted by molar-refractivity contribution is 0.292. The summed E-state index contributed by atoms with van der Waals surface area (Å²) in [6.07, 6.45) is 1.79. The predicted octanol–water partition coefficient (Wildman–Crippen LogP) is 3.66. The standard InChI is InChI=1S/C14H15ClN2O/c1-2-6-13-16-12(15)9-14(17-13)18-10-11-7-4-3-5-8-11/h3-5,7-9H,2,6,10H2,1H3. The zero-order chi connectivity index (χ0) is 12.8. The quantitative estimate of drug-likeness (QED) is 0.772. The first kappa shape index (κ1) is 12.8. The minimum Gasteiger partial charge on any atom is -0.473 e. The first-order chi connectivity index (χ1) is 8.78. The lowest BCUT2D eigenvalue weighted by atomic mass is 10.2. The van der Waals surface area contributed by atoms with Crippen LogP contribution in [0.3, 0.4) is 0 Å². The molecule has 0 N–H and O–H groups in total. The van der Waals surface area contributed by atoms with E-state index in [1.165, 1.54) is 0 Å². The molecule has 1 heterocycles. The number of benzene rings is 1.